The van der Waals surface area contributed by atoms with Crippen LogP contribution in [0.3, 0.4) is 0 Å². The van der Waals surface area contributed by atoms with E-state index in [0.29, 0.717) is 0 Å². The highest BCUT2D eigenvalue weighted by atomic mass is 16.2. The van der Waals surface area contributed by atoms with Gasteiger partial charge < -0.3 is 9.47 Å². The van der Waals surface area contributed by atoms with E-state index < -0.39 is 0 Å². The number of rotatable bonds is 7. The van der Waals surface area contributed by atoms with Gasteiger partial charge in [0, 0.05) is 32.2 Å². The maximum absolute atomic E-state index is 13.1. The summed E-state index contributed by atoms with van der Waals surface area (Å²) in [5, 5.41) is 0. The van der Waals surface area contributed by atoms with Crippen molar-refractivity contribution >= 4 is 5.91 Å². The number of amides is 1. The molecule has 5 nitrogen and oxygen atoms in total. The van der Waals surface area contributed by atoms with Crippen molar-refractivity contribution in [2.75, 3.05) is 7.05 Å². The smallest absolute Gasteiger partial charge is 0.263 e. The zero-order valence-electron chi connectivity index (χ0n) is 16.5. The van der Waals surface area contributed by atoms with Crippen LogP contribution in [0.25, 0.3) is 0 Å². The maximum Gasteiger partial charge on any atom is 0.263 e. The molecule has 0 saturated heterocycles. The van der Waals surface area contributed by atoms with E-state index in [-0.39, 0.29) is 23.1 Å². The molecule has 0 aliphatic rings. The van der Waals surface area contributed by atoms with E-state index in [2.05, 4.69) is 11.9 Å². The van der Waals surface area contributed by atoms with E-state index in [1.165, 1.54) is 0 Å². The Kier molecular flexibility index (Phi) is 6.72. The van der Waals surface area contributed by atoms with Crippen LogP contribution >= 0.6 is 0 Å². The first kappa shape index (κ1) is 19.9. The molecule has 2 aromatic rings. The highest BCUT2D eigenvalue weighted by Crippen LogP contribution is 2.26. The molecule has 0 radical (unpaired) electrons. The molecule has 0 saturated carbocycles. The van der Waals surface area contributed by atoms with Gasteiger partial charge in [-0.15, -0.1) is 0 Å². The van der Waals surface area contributed by atoms with Crippen LogP contribution in [0.15, 0.2) is 35.4 Å². The third kappa shape index (κ3) is 4.03. The van der Waals surface area contributed by atoms with E-state index in [9.17, 15) is 9.59 Å². The van der Waals surface area contributed by atoms with Crippen LogP contribution in [-0.2, 0) is 13.5 Å². The molecule has 0 unspecified atom stereocenters. The lowest BCUT2D eigenvalue weighted by atomic mass is 10.00. The van der Waals surface area contributed by atoms with E-state index in [1.807, 2.05) is 26.0 Å². The second-order valence-electron chi connectivity index (χ2n) is 6.77. The molecule has 1 amide bonds. The summed E-state index contributed by atoms with van der Waals surface area (Å²) in [6.45, 7) is 6.09. The minimum Gasteiger partial charge on any atom is -0.334 e. The molecule has 140 valence electrons. The molecule has 5 heteroatoms. The van der Waals surface area contributed by atoms with Crippen molar-refractivity contribution in [3.8, 4) is 0 Å². The molecular formula is C21H29N3O2. The largest absolute Gasteiger partial charge is 0.334 e. The summed E-state index contributed by atoms with van der Waals surface area (Å²) < 4.78 is 1.60. The van der Waals surface area contributed by atoms with Crippen LogP contribution in [0.1, 0.15) is 66.3 Å². The van der Waals surface area contributed by atoms with Crippen molar-refractivity contribution in [2.45, 2.75) is 52.5 Å². The molecular weight excluding hydrogens is 326 g/mol. The molecule has 0 aromatic carbocycles. The van der Waals surface area contributed by atoms with Crippen LogP contribution in [0.5, 0.6) is 0 Å². The fraction of sp³-hybridized carbons (Fsp3) is 0.476. The third-order valence-corrected chi connectivity index (χ3v) is 5.01. The Labute approximate surface area is 155 Å². The van der Waals surface area contributed by atoms with Crippen LogP contribution in [0, 0.1) is 6.92 Å². The lowest BCUT2D eigenvalue weighted by Gasteiger charge is -2.29. The van der Waals surface area contributed by atoms with Gasteiger partial charge in [0.1, 0.15) is 5.56 Å². The highest BCUT2D eigenvalue weighted by Gasteiger charge is 2.25. The molecule has 0 fully saturated rings. The minimum atomic E-state index is -0.235. The fourth-order valence-corrected chi connectivity index (χ4v) is 3.48. The van der Waals surface area contributed by atoms with Crippen LogP contribution < -0.4 is 5.56 Å². The number of unbranched alkanes of at least 4 members (excludes halogenated alkanes) is 1. The predicted octanol–water partition coefficient (Wildman–Crippen LogP) is 3.65. The van der Waals surface area contributed by atoms with Crippen molar-refractivity contribution in [1.29, 1.82) is 0 Å². The first-order chi connectivity index (χ1) is 12.4. The molecule has 0 aliphatic carbocycles. The number of hydrogen-bond acceptors (Lipinski definition) is 3. The molecule has 0 aliphatic heterocycles. The van der Waals surface area contributed by atoms with Crippen molar-refractivity contribution in [2.24, 2.45) is 7.05 Å². The Bertz CT molecular complexity index is 812. The van der Waals surface area contributed by atoms with Crippen molar-refractivity contribution < 1.29 is 4.79 Å². The minimum absolute atomic E-state index is 0.0907. The van der Waals surface area contributed by atoms with E-state index in [4.69, 9.17) is 0 Å². The number of nitrogens with zero attached hydrogens (tertiary/aromatic N) is 3. The summed E-state index contributed by atoms with van der Waals surface area (Å²) in [5.41, 5.74) is 2.93. The molecule has 2 heterocycles. The number of carbonyl (C=O) groups is 1. The number of carbonyl (C=O) groups excluding carboxylic acids is 1. The SMILES string of the molecule is CCCC[C@H](c1cccnc1)N(C)C(=O)c1cc(C)c(CC)n(C)c1=O. The van der Waals surface area contributed by atoms with Gasteiger partial charge in [0.05, 0.1) is 6.04 Å². The van der Waals surface area contributed by atoms with Gasteiger partial charge in [-0.1, -0.05) is 32.8 Å². The number of aromatic nitrogens is 2. The Balaban J connectivity index is 2.42. The lowest BCUT2D eigenvalue weighted by molar-refractivity contribution is 0.0717. The normalized spacial score (nSPS) is 12.0. The van der Waals surface area contributed by atoms with E-state index in [0.717, 1.165) is 42.5 Å². The molecule has 0 bridgehead atoms. The number of hydrogen-bond donors (Lipinski definition) is 0. The topological polar surface area (TPSA) is 55.2 Å². The van der Waals surface area contributed by atoms with Crippen LogP contribution in [-0.4, -0.2) is 27.4 Å². The average molecular weight is 355 g/mol. The van der Waals surface area contributed by atoms with Gasteiger partial charge in [-0.2, -0.15) is 0 Å². The molecule has 0 spiro atoms. The van der Waals surface area contributed by atoms with Gasteiger partial charge >= 0.3 is 0 Å². The van der Waals surface area contributed by atoms with Gasteiger partial charge in [0.15, 0.2) is 0 Å². The molecule has 2 rings (SSSR count). The summed E-state index contributed by atoms with van der Waals surface area (Å²) in [5.74, 6) is -0.235. The lowest BCUT2D eigenvalue weighted by Crippen LogP contribution is -2.37. The van der Waals surface area contributed by atoms with E-state index >= 15 is 0 Å². The fourth-order valence-electron chi connectivity index (χ4n) is 3.48. The third-order valence-electron chi connectivity index (χ3n) is 5.01. The monoisotopic (exact) mass is 355 g/mol. The quantitative estimate of drug-likeness (QED) is 0.762. The maximum atomic E-state index is 13.1. The Morgan fingerprint density at radius 2 is 2.08 bits per heavy atom. The van der Waals surface area contributed by atoms with Crippen molar-refractivity contribution in [1.82, 2.24) is 14.5 Å². The summed E-state index contributed by atoms with van der Waals surface area (Å²) >= 11 is 0. The van der Waals surface area contributed by atoms with Crippen molar-refractivity contribution in [3.63, 3.8) is 0 Å². The first-order valence-electron chi connectivity index (χ1n) is 9.28. The second-order valence-corrected chi connectivity index (χ2v) is 6.77. The number of pyridine rings is 2. The van der Waals surface area contributed by atoms with Gasteiger partial charge in [0.2, 0.25) is 0 Å². The van der Waals surface area contributed by atoms with Gasteiger partial charge in [-0.25, -0.2) is 0 Å². The molecule has 2 aromatic heterocycles. The highest BCUT2D eigenvalue weighted by molar-refractivity contribution is 5.94. The Morgan fingerprint density at radius 1 is 1.35 bits per heavy atom. The van der Waals surface area contributed by atoms with Crippen LogP contribution in [0.4, 0.5) is 0 Å². The zero-order valence-corrected chi connectivity index (χ0v) is 16.5. The van der Waals surface area contributed by atoms with E-state index in [1.54, 1.807) is 42.0 Å². The summed E-state index contributed by atoms with van der Waals surface area (Å²) in [4.78, 5) is 31.7. The van der Waals surface area contributed by atoms with Crippen LogP contribution in [0.2, 0.25) is 0 Å². The molecule has 0 N–H and O–H groups in total. The first-order valence-corrected chi connectivity index (χ1v) is 9.28. The summed E-state index contributed by atoms with van der Waals surface area (Å²) in [6.07, 6.45) is 7.18. The zero-order chi connectivity index (χ0) is 19.3. The molecule has 1 atom stereocenters. The Morgan fingerprint density at radius 3 is 2.65 bits per heavy atom. The van der Waals surface area contributed by atoms with Gasteiger partial charge in [0.25, 0.3) is 11.5 Å². The summed E-state index contributed by atoms with van der Waals surface area (Å²) in [7, 11) is 3.51. The predicted molar refractivity (Wildman–Crippen MR) is 104 cm³/mol. The molecule has 26 heavy (non-hydrogen) atoms. The standard InChI is InChI=1S/C21H29N3O2/c1-6-8-11-19(16-10-9-12-22-14-16)24(5)21(26)17-13-15(3)18(7-2)23(4)20(17)25/h9-10,12-14,19H,6-8,11H2,1-5H3/t19-/m1/s1. The average Bonchev–Trinajstić information content (AvgIpc) is 2.65. The van der Waals surface area contributed by atoms with Gasteiger partial charge in [-0.3, -0.25) is 14.6 Å². The summed E-state index contributed by atoms with van der Waals surface area (Å²) in [6, 6.07) is 5.51. The number of aryl methyl sites for hydroxylation is 1. The van der Waals surface area contributed by atoms with Crippen molar-refractivity contribution in [3.05, 3.63) is 63.3 Å². The second kappa shape index (κ2) is 8.79. The Hall–Kier alpha value is -2.43. The van der Waals surface area contributed by atoms with Gasteiger partial charge in [-0.05, 0) is 43.0 Å².